The van der Waals surface area contributed by atoms with Gasteiger partial charge in [-0.1, -0.05) is 66.7 Å². The predicted octanol–water partition coefficient (Wildman–Crippen LogP) is 3.93. The average molecular weight is 252 g/mol. The first-order valence-electron chi connectivity index (χ1n) is 6.19. The molecule has 96 valence electrons. The Kier molecular flexibility index (Phi) is 4.51. The molecule has 0 bridgehead atoms. The molecular formula is C17H16O2. The molecule has 0 spiro atoms. The van der Waals surface area contributed by atoms with E-state index in [1.54, 1.807) is 0 Å². The molecule has 0 radical (unpaired) electrons. The summed E-state index contributed by atoms with van der Waals surface area (Å²) in [5.41, 5.74) is 3.42. The van der Waals surface area contributed by atoms with Crippen molar-refractivity contribution in [2.45, 2.75) is 6.42 Å². The third-order valence-electron chi connectivity index (χ3n) is 2.86. The summed E-state index contributed by atoms with van der Waals surface area (Å²) in [4.78, 5) is 11.1. The third kappa shape index (κ3) is 3.55. The minimum absolute atomic E-state index is 0.228. The first kappa shape index (κ1) is 13.1. The molecule has 0 fully saturated rings. The molecule has 0 aliphatic heterocycles. The number of rotatable bonds is 4. The van der Waals surface area contributed by atoms with E-state index in [-0.39, 0.29) is 5.97 Å². The molecule has 0 aliphatic carbocycles. The lowest BCUT2D eigenvalue weighted by atomic mass is 9.99. The van der Waals surface area contributed by atoms with E-state index in [2.05, 4.69) is 22.9 Å². The Labute approximate surface area is 113 Å². The molecule has 0 N–H and O–H groups in total. The van der Waals surface area contributed by atoms with Gasteiger partial charge in [0.15, 0.2) is 0 Å². The zero-order valence-electron chi connectivity index (χ0n) is 10.9. The molecule has 0 aliphatic rings. The minimum Gasteiger partial charge on any atom is -0.469 e. The summed E-state index contributed by atoms with van der Waals surface area (Å²) in [6.07, 6.45) is 4.08. The van der Waals surface area contributed by atoms with Gasteiger partial charge in [0.1, 0.15) is 0 Å². The summed E-state index contributed by atoms with van der Waals surface area (Å²) >= 11 is 0. The van der Waals surface area contributed by atoms with Crippen molar-refractivity contribution in [1.82, 2.24) is 0 Å². The number of ether oxygens (including phenoxy) is 1. The molecule has 0 heterocycles. The molecule has 2 rings (SSSR count). The highest BCUT2D eigenvalue weighted by Crippen LogP contribution is 2.24. The van der Waals surface area contributed by atoms with Gasteiger partial charge in [-0.3, -0.25) is 4.79 Å². The highest BCUT2D eigenvalue weighted by atomic mass is 16.5. The lowest BCUT2D eigenvalue weighted by Crippen LogP contribution is -1.96. The standard InChI is InChI=1S/C17H16O2/c1-19-17(18)13-7-11-15-10-5-6-12-16(15)14-8-3-2-4-9-14/h2-12H,13H2,1H3. The fraction of sp³-hybridized carbons (Fsp3) is 0.118. The Balaban J connectivity index is 2.25. The third-order valence-corrected chi connectivity index (χ3v) is 2.86. The van der Waals surface area contributed by atoms with Gasteiger partial charge in [0, 0.05) is 0 Å². The van der Waals surface area contributed by atoms with Crippen molar-refractivity contribution in [2.75, 3.05) is 7.11 Å². The molecule has 19 heavy (non-hydrogen) atoms. The zero-order valence-corrected chi connectivity index (χ0v) is 10.9. The topological polar surface area (TPSA) is 26.3 Å². The maximum absolute atomic E-state index is 11.1. The monoisotopic (exact) mass is 252 g/mol. The van der Waals surface area contributed by atoms with Gasteiger partial charge in [-0.05, 0) is 16.7 Å². The molecule has 0 atom stereocenters. The Morgan fingerprint density at radius 2 is 1.74 bits per heavy atom. The second kappa shape index (κ2) is 6.55. The zero-order chi connectivity index (χ0) is 13.5. The molecule has 0 aromatic heterocycles. The number of methoxy groups -OCH3 is 1. The number of esters is 1. The molecule has 0 amide bonds. The van der Waals surface area contributed by atoms with Gasteiger partial charge >= 0.3 is 5.97 Å². The lowest BCUT2D eigenvalue weighted by molar-refractivity contribution is -0.139. The summed E-state index contributed by atoms with van der Waals surface area (Å²) in [6.45, 7) is 0. The second-order valence-corrected chi connectivity index (χ2v) is 4.14. The van der Waals surface area contributed by atoms with E-state index in [1.165, 1.54) is 12.7 Å². The van der Waals surface area contributed by atoms with E-state index < -0.39 is 0 Å². The van der Waals surface area contributed by atoms with Crippen molar-refractivity contribution >= 4 is 12.0 Å². The molecule has 2 aromatic rings. The van der Waals surface area contributed by atoms with Gasteiger partial charge in [-0.15, -0.1) is 0 Å². The molecule has 0 saturated heterocycles. The van der Waals surface area contributed by atoms with Crippen LogP contribution >= 0.6 is 0 Å². The van der Waals surface area contributed by atoms with Crippen LogP contribution in [0.25, 0.3) is 17.2 Å². The Morgan fingerprint density at radius 3 is 2.47 bits per heavy atom. The van der Waals surface area contributed by atoms with E-state index in [0.717, 1.165) is 11.1 Å². The molecule has 2 nitrogen and oxygen atoms in total. The summed E-state index contributed by atoms with van der Waals surface area (Å²) in [6, 6.07) is 18.3. The second-order valence-electron chi connectivity index (χ2n) is 4.14. The molecule has 2 heteroatoms. The normalized spacial score (nSPS) is 10.6. The predicted molar refractivity (Wildman–Crippen MR) is 77.5 cm³/mol. The van der Waals surface area contributed by atoms with Gasteiger partial charge in [0.2, 0.25) is 0 Å². The average Bonchev–Trinajstić information content (AvgIpc) is 2.48. The van der Waals surface area contributed by atoms with Crippen LogP contribution in [0.2, 0.25) is 0 Å². The van der Waals surface area contributed by atoms with Gasteiger partial charge < -0.3 is 4.74 Å². The van der Waals surface area contributed by atoms with Crippen LogP contribution < -0.4 is 0 Å². The quantitative estimate of drug-likeness (QED) is 0.771. The van der Waals surface area contributed by atoms with Crippen LogP contribution in [0.5, 0.6) is 0 Å². The Hall–Kier alpha value is -2.35. The Bertz CT molecular complexity index is 571. The van der Waals surface area contributed by atoms with E-state index in [9.17, 15) is 4.79 Å². The molecule has 0 unspecified atom stereocenters. The first-order valence-corrected chi connectivity index (χ1v) is 6.19. The van der Waals surface area contributed by atoms with Gasteiger partial charge in [0.05, 0.1) is 13.5 Å². The minimum atomic E-state index is -0.228. The van der Waals surface area contributed by atoms with Crippen molar-refractivity contribution in [1.29, 1.82) is 0 Å². The van der Waals surface area contributed by atoms with Crippen molar-refractivity contribution in [2.24, 2.45) is 0 Å². The fourth-order valence-corrected chi connectivity index (χ4v) is 1.89. The largest absolute Gasteiger partial charge is 0.469 e. The van der Waals surface area contributed by atoms with Crippen molar-refractivity contribution in [3.63, 3.8) is 0 Å². The lowest BCUT2D eigenvalue weighted by Gasteiger charge is -2.05. The van der Waals surface area contributed by atoms with E-state index in [1.807, 2.05) is 48.6 Å². The number of benzene rings is 2. The van der Waals surface area contributed by atoms with Crippen LogP contribution in [0.1, 0.15) is 12.0 Å². The van der Waals surface area contributed by atoms with Gasteiger partial charge in [0.25, 0.3) is 0 Å². The highest BCUT2D eigenvalue weighted by molar-refractivity contribution is 5.77. The maximum atomic E-state index is 11.1. The molecule has 0 saturated carbocycles. The summed E-state index contributed by atoms with van der Waals surface area (Å²) in [5, 5.41) is 0. The molecule has 2 aromatic carbocycles. The molecular weight excluding hydrogens is 236 g/mol. The van der Waals surface area contributed by atoms with Crippen LogP contribution in [0, 0.1) is 0 Å². The van der Waals surface area contributed by atoms with Crippen LogP contribution in [0.4, 0.5) is 0 Å². The summed E-state index contributed by atoms with van der Waals surface area (Å²) in [5.74, 6) is -0.228. The van der Waals surface area contributed by atoms with Gasteiger partial charge in [-0.2, -0.15) is 0 Å². The van der Waals surface area contributed by atoms with Crippen molar-refractivity contribution < 1.29 is 9.53 Å². The summed E-state index contributed by atoms with van der Waals surface area (Å²) in [7, 11) is 1.40. The summed E-state index contributed by atoms with van der Waals surface area (Å²) < 4.78 is 4.61. The first-order chi connectivity index (χ1) is 9.31. The van der Waals surface area contributed by atoms with Crippen molar-refractivity contribution in [3.05, 3.63) is 66.2 Å². The van der Waals surface area contributed by atoms with Crippen LogP contribution in [0.15, 0.2) is 60.7 Å². The fourth-order valence-electron chi connectivity index (χ4n) is 1.89. The SMILES string of the molecule is COC(=O)CC=Cc1ccccc1-c1ccccc1. The number of hydrogen-bond acceptors (Lipinski definition) is 2. The van der Waals surface area contributed by atoms with Gasteiger partial charge in [-0.25, -0.2) is 0 Å². The number of hydrogen-bond donors (Lipinski definition) is 0. The van der Waals surface area contributed by atoms with E-state index in [4.69, 9.17) is 0 Å². The van der Waals surface area contributed by atoms with Crippen LogP contribution in [0.3, 0.4) is 0 Å². The maximum Gasteiger partial charge on any atom is 0.309 e. The highest BCUT2D eigenvalue weighted by Gasteiger charge is 2.01. The van der Waals surface area contributed by atoms with Crippen molar-refractivity contribution in [3.8, 4) is 11.1 Å². The van der Waals surface area contributed by atoms with Crippen LogP contribution in [-0.4, -0.2) is 13.1 Å². The number of carbonyl (C=O) groups excluding carboxylic acids is 1. The van der Waals surface area contributed by atoms with Crippen LogP contribution in [-0.2, 0) is 9.53 Å². The smallest absolute Gasteiger partial charge is 0.309 e. The van der Waals surface area contributed by atoms with E-state index in [0.29, 0.717) is 6.42 Å². The van der Waals surface area contributed by atoms with E-state index >= 15 is 0 Å². The number of carbonyl (C=O) groups is 1. The Morgan fingerprint density at radius 1 is 1.05 bits per heavy atom.